The van der Waals surface area contributed by atoms with E-state index in [9.17, 15) is 18.4 Å². The third-order valence-corrected chi connectivity index (χ3v) is 4.72. The van der Waals surface area contributed by atoms with Crippen LogP contribution in [0.2, 0.25) is 0 Å². The number of nitrogens with one attached hydrogen (secondary N) is 2. The number of benzene rings is 2. The molecule has 0 saturated carbocycles. The molecule has 0 unspecified atom stereocenters. The second kappa shape index (κ2) is 9.39. The normalized spacial score (nSPS) is 12.0. The highest BCUT2D eigenvalue weighted by Gasteiger charge is 2.24. The fraction of sp³-hybridized carbons (Fsp3) is 0.273. The predicted molar refractivity (Wildman–Crippen MR) is 109 cm³/mol. The lowest BCUT2D eigenvalue weighted by Crippen LogP contribution is -2.47. The van der Waals surface area contributed by atoms with Crippen LogP contribution in [-0.2, 0) is 22.6 Å². The highest BCUT2D eigenvalue weighted by atomic mass is 19.3. The minimum Gasteiger partial charge on any atom is -0.435 e. The molecule has 0 aliphatic carbocycles. The molecule has 3 aromatic rings. The van der Waals surface area contributed by atoms with Crippen LogP contribution < -0.4 is 10.1 Å². The topological polar surface area (TPSA) is 74.4 Å². The van der Waals surface area contributed by atoms with Crippen LogP contribution >= 0.6 is 0 Å². The molecule has 0 radical (unpaired) electrons. The van der Waals surface area contributed by atoms with E-state index < -0.39 is 12.7 Å². The van der Waals surface area contributed by atoms with Gasteiger partial charge in [0, 0.05) is 44.0 Å². The van der Waals surface area contributed by atoms with Gasteiger partial charge in [-0.25, -0.2) is 0 Å². The summed E-state index contributed by atoms with van der Waals surface area (Å²) in [5.74, 6) is -0.489. The number of H-pyrrole nitrogens is 1. The molecule has 1 atom stereocenters. The highest BCUT2D eigenvalue weighted by molar-refractivity contribution is 5.89. The Labute approximate surface area is 172 Å². The van der Waals surface area contributed by atoms with Crippen LogP contribution in [-0.4, -0.2) is 41.4 Å². The molecule has 158 valence electrons. The number of alkyl halides is 2. The smallest absolute Gasteiger partial charge is 0.387 e. The Hall–Kier alpha value is -3.42. The first-order chi connectivity index (χ1) is 14.3. The number of para-hydroxylation sites is 1. The van der Waals surface area contributed by atoms with E-state index in [2.05, 4.69) is 15.0 Å². The summed E-state index contributed by atoms with van der Waals surface area (Å²) in [7, 11) is 1.63. The summed E-state index contributed by atoms with van der Waals surface area (Å²) in [6.45, 7) is -1.25. The minimum atomic E-state index is -2.89. The second-order valence-corrected chi connectivity index (χ2v) is 7.03. The number of aromatic amines is 1. The lowest BCUT2D eigenvalue weighted by molar-refractivity contribution is -0.135. The molecule has 2 amide bonds. The molecular formula is C22H23F2N3O3. The summed E-state index contributed by atoms with van der Waals surface area (Å²) in [6.07, 6.45) is 2.18. The van der Waals surface area contributed by atoms with Gasteiger partial charge in [-0.1, -0.05) is 30.3 Å². The van der Waals surface area contributed by atoms with Crippen LogP contribution in [0.4, 0.5) is 8.78 Å². The van der Waals surface area contributed by atoms with E-state index in [0.29, 0.717) is 6.42 Å². The molecule has 8 heteroatoms. The fourth-order valence-electron chi connectivity index (χ4n) is 3.36. The number of rotatable bonds is 8. The van der Waals surface area contributed by atoms with Crippen molar-refractivity contribution in [3.8, 4) is 5.75 Å². The van der Waals surface area contributed by atoms with Gasteiger partial charge < -0.3 is 19.9 Å². The van der Waals surface area contributed by atoms with Gasteiger partial charge in [0.05, 0.1) is 0 Å². The van der Waals surface area contributed by atoms with Crippen LogP contribution in [0, 0.1) is 0 Å². The first-order valence-electron chi connectivity index (χ1n) is 9.44. The number of hydrogen-bond donors (Lipinski definition) is 2. The van der Waals surface area contributed by atoms with E-state index in [1.54, 1.807) is 19.2 Å². The third-order valence-electron chi connectivity index (χ3n) is 4.72. The van der Waals surface area contributed by atoms with Crippen molar-refractivity contribution in [3.63, 3.8) is 0 Å². The van der Waals surface area contributed by atoms with Gasteiger partial charge in [0.1, 0.15) is 11.8 Å². The summed E-state index contributed by atoms with van der Waals surface area (Å²) < 4.78 is 28.9. The molecule has 6 nitrogen and oxygen atoms in total. The number of aromatic nitrogens is 1. The number of carbonyl (C=O) groups is 2. The van der Waals surface area contributed by atoms with Crippen molar-refractivity contribution in [2.75, 3.05) is 7.05 Å². The zero-order valence-corrected chi connectivity index (χ0v) is 16.7. The number of fused-ring (bicyclic) bond motifs is 1. The summed E-state index contributed by atoms with van der Waals surface area (Å²) in [6, 6.07) is 13.1. The molecular weight excluding hydrogens is 392 g/mol. The lowest BCUT2D eigenvalue weighted by Gasteiger charge is -2.24. The number of nitrogens with zero attached hydrogens (tertiary/aromatic N) is 1. The molecule has 3 rings (SSSR count). The number of hydrogen-bond acceptors (Lipinski definition) is 3. The van der Waals surface area contributed by atoms with Gasteiger partial charge in [0.2, 0.25) is 11.8 Å². The van der Waals surface area contributed by atoms with E-state index >= 15 is 0 Å². The third kappa shape index (κ3) is 5.34. The first kappa shape index (κ1) is 21.3. The fourth-order valence-corrected chi connectivity index (χ4v) is 3.36. The van der Waals surface area contributed by atoms with Crippen molar-refractivity contribution in [3.05, 3.63) is 65.9 Å². The van der Waals surface area contributed by atoms with E-state index in [4.69, 9.17) is 0 Å². The zero-order chi connectivity index (χ0) is 21.7. The van der Waals surface area contributed by atoms with E-state index in [1.807, 2.05) is 30.5 Å². The average molecular weight is 415 g/mol. The van der Waals surface area contributed by atoms with Crippen molar-refractivity contribution in [1.82, 2.24) is 15.2 Å². The van der Waals surface area contributed by atoms with Gasteiger partial charge in [0.25, 0.3) is 0 Å². The Morgan fingerprint density at radius 1 is 1.13 bits per heavy atom. The van der Waals surface area contributed by atoms with E-state index in [-0.39, 0.29) is 24.1 Å². The number of halogens is 2. The molecule has 2 N–H and O–H groups in total. The van der Waals surface area contributed by atoms with Crippen LogP contribution in [0.15, 0.2) is 54.7 Å². The van der Waals surface area contributed by atoms with Gasteiger partial charge in [-0.3, -0.25) is 9.59 Å². The van der Waals surface area contributed by atoms with Crippen LogP contribution in [0.5, 0.6) is 5.75 Å². The lowest BCUT2D eigenvalue weighted by atomic mass is 10.0. The predicted octanol–water partition coefficient (Wildman–Crippen LogP) is 3.48. The molecule has 0 spiro atoms. The van der Waals surface area contributed by atoms with Gasteiger partial charge >= 0.3 is 6.61 Å². The van der Waals surface area contributed by atoms with Gasteiger partial charge in [-0.05, 0) is 29.3 Å². The Kier molecular flexibility index (Phi) is 6.66. The van der Waals surface area contributed by atoms with Gasteiger partial charge in [-0.2, -0.15) is 8.78 Å². The molecule has 1 aromatic heterocycles. The van der Waals surface area contributed by atoms with Crippen molar-refractivity contribution >= 4 is 22.7 Å². The monoisotopic (exact) mass is 415 g/mol. The highest BCUT2D eigenvalue weighted by Crippen LogP contribution is 2.20. The quantitative estimate of drug-likeness (QED) is 0.592. The number of carbonyl (C=O) groups excluding carboxylic acids is 2. The summed E-state index contributed by atoms with van der Waals surface area (Å²) in [5, 5.41) is 3.73. The maximum absolute atomic E-state index is 13.0. The largest absolute Gasteiger partial charge is 0.435 e. The van der Waals surface area contributed by atoms with Gasteiger partial charge in [0.15, 0.2) is 0 Å². The molecule has 2 aromatic carbocycles. The number of likely N-dealkylation sites (N-methyl/N-ethyl adjacent to an activating group) is 1. The molecule has 0 fully saturated rings. The maximum atomic E-state index is 13.0. The van der Waals surface area contributed by atoms with E-state index in [1.165, 1.54) is 24.0 Å². The van der Waals surface area contributed by atoms with Crippen molar-refractivity contribution in [1.29, 1.82) is 0 Å². The van der Waals surface area contributed by atoms with Crippen molar-refractivity contribution in [2.45, 2.75) is 32.5 Å². The second-order valence-electron chi connectivity index (χ2n) is 7.03. The van der Waals surface area contributed by atoms with Gasteiger partial charge in [-0.15, -0.1) is 0 Å². The molecule has 30 heavy (non-hydrogen) atoms. The summed E-state index contributed by atoms with van der Waals surface area (Å²) >= 11 is 0. The van der Waals surface area contributed by atoms with Crippen LogP contribution in [0.3, 0.4) is 0 Å². The zero-order valence-electron chi connectivity index (χ0n) is 16.7. The molecule has 0 aliphatic heterocycles. The first-order valence-corrected chi connectivity index (χ1v) is 9.44. The molecule has 1 heterocycles. The van der Waals surface area contributed by atoms with E-state index in [0.717, 1.165) is 22.0 Å². The Morgan fingerprint density at radius 2 is 1.83 bits per heavy atom. The van der Waals surface area contributed by atoms with Crippen molar-refractivity contribution < 1.29 is 23.1 Å². The molecule has 0 aliphatic rings. The maximum Gasteiger partial charge on any atom is 0.387 e. The Morgan fingerprint density at radius 3 is 2.50 bits per heavy atom. The van der Waals surface area contributed by atoms with Crippen LogP contribution in [0.1, 0.15) is 18.1 Å². The SMILES string of the molecule is CC(=O)N[C@@H](Cc1c[nH]c2ccccc12)C(=O)N(C)Cc1ccc(OC(F)F)cc1. The Bertz CT molecular complexity index is 1020. The number of amides is 2. The standard InChI is InChI=1S/C22H23F2N3O3/c1-14(28)26-20(11-16-12-25-19-6-4-3-5-18(16)19)21(29)27(2)13-15-7-9-17(10-8-15)30-22(23)24/h3-10,12,20,22,25H,11,13H2,1-2H3,(H,26,28)/t20-/m0/s1. The van der Waals surface area contributed by atoms with Crippen LogP contribution in [0.25, 0.3) is 10.9 Å². The Balaban J connectivity index is 1.71. The molecule has 0 bridgehead atoms. The molecule has 0 saturated heterocycles. The minimum absolute atomic E-state index is 0.0539. The summed E-state index contributed by atoms with van der Waals surface area (Å²) in [5.41, 5.74) is 2.64. The summed E-state index contributed by atoms with van der Waals surface area (Å²) in [4.78, 5) is 29.4. The van der Waals surface area contributed by atoms with Crippen molar-refractivity contribution in [2.24, 2.45) is 0 Å². The average Bonchev–Trinajstić information content (AvgIpc) is 3.10. The number of ether oxygens (including phenoxy) is 1.